The lowest BCUT2D eigenvalue weighted by Gasteiger charge is -2.25. The van der Waals surface area contributed by atoms with Gasteiger partial charge in [-0.2, -0.15) is 5.26 Å². The maximum absolute atomic E-state index is 8.38. The van der Waals surface area contributed by atoms with Crippen molar-refractivity contribution in [1.29, 1.82) is 5.26 Å². The Morgan fingerprint density at radius 2 is 2.00 bits per heavy atom. The molecule has 0 spiro atoms. The van der Waals surface area contributed by atoms with E-state index in [0.29, 0.717) is 5.92 Å². The fourth-order valence-electron chi connectivity index (χ4n) is 2.01. The van der Waals surface area contributed by atoms with Crippen molar-refractivity contribution in [3.05, 3.63) is 12.2 Å². The van der Waals surface area contributed by atoms with E-state index >= 15 is 0 Å². The zero-order valence-corrected chi connectivity index (χ0v) is 7.79. The summed E-state index contributed by atoms with van der Waals surface area (Å²) in [6.45, 7) is 2.23. The molecule has 1 atom stereocenters. The largest absolute Gasteiger partial charge is 0.193 e. The molecular formula is C11H17N. The summed E-state index contributed by atoms with van der Waals surface area (Å²) >= 11 is 0. The third-order valence-electron chi connectivity index (χ3n) is 2.87. The van der Waals surface area contributed by atoms with Crippen LogP contribution in [-0.2, 0) is 0 Å². The monoisotopic (exact) mass is 163 g/mol. The highest BCUT2D eigenvalue weighted by Crippen LogP contribution is 2.30. The molecule has 0 radical (unpaired) electrons. The van der Waals surface area contributed by atoms with Gasteiger partial charge in [-0.1, -0.05) is 32.3 Å². The van der Waals surface area contributed by atoms with Gasteiger partial charge in [0.15, 0.2) is 0 Å². The molecule has 0 aromatic heterocycles. The van der Waals surface area contributed by atoms with Gasteiger partial charge < -0.3 is 0 Å². The summed E-state index contributed by atoms with van der Waals surface area (Å²) in [5, 5.41) is 8.38. The van der Waals surface area contributed by atoms with Crippen molar-refractivity contribution < 1.29 is 0 Å². The zero-order valence-electron chi connectivity index (χ0n) is 7.79. The van der Waals surface area contributed by atoms with E-state index in [-0.39, 0.29) is 0 Å². The molecule has 12 heavy (non-hydrogen) atoms. The molecule has 0 aromatic carbocycles. The van der Waals surface area contributed by atoms with Crippen molar-refractivity contribution in [2.75, 3.05) is 0 Å². The van der Waals surface area contributed by atoms with Crippen LogP contribution in [0.15, 0.2) is 12.2 Å². The molecule has 0 saturated heterocycles. The first-order valence-electron chi connectivity index (χ1n) is 4.91. The number of nitrogens with zero attached hydrogens (tertiary/aromatic N) is 1. The third kappa shape index (κ3) is 2.70. The molecule has 0 aliphatic heterocycles. The van der Waals surface area contributed by atoms with Crippen LogP contribution < -0.4 is 0 Å². The molecular weight excluding hydrogens is 146 g/mol. The Kier molecular flexibility index (Phi) is 3.87. The maximum atomic E-state index is 8.38. The van der Waals surface area contributed by atoms with Crippen LogP contribution in [0.3, 0.4) is 0 Å². The Morgan fingerprint density at radius 3 is 2.58 bits per heavy atom. The second kappa shape index (κ2) is 4.98. The number of rotatable bonds is 2. The van der Waals surface area contributed by atoms with Gasteiger partial charge in [0, 0.05) is 6.08 Å². The van der Waals surface area contributed by atoms with E-state index in [9.17, 15) is 0 Å². The number of nitriles is 1. The van der Waals surface area contributed by atoms with Crippen molar-refractivity contribution in [2.45, 2.75) is 39.0 Å². The molecule has 0 N–H and O–H groups in total. The molecule has 0 amide bonds. The second-order valence-corrected chi connectivity index (χ2v) is 3.75. The highest BCUT2D eigenvalue weighted by Gasteiger charge is 2.17. The third-order valence-corrected chi connectivity index (χ3v) is 2.87. The lowest BCUT2D eigenvalue weighted by Crippen LogP contribution is -2.13. The van der Waals surface area contributed by atoms with Crippen LogP contribution in [0.5, 0.6) is 0 Å². The van der Waals surface area contributed by atoms with Crippen LogP contribution in [0.2, 0.25) is 0 Å². The van der Waals surface area contributed by atoms with E-state index < -0.39 is 0 Å². The minimum absolute atomic E-state index is 0.602. The molecule has 1 nitrogen and oxygen atoms in total. The maximum Gasteiger partial charge on any atom is 0.0908 e. The van der Waals surface area contributed by atoms with Gasteiger partial charge in [0.1, 0.15) is 0 Å². The van der Waals surface area contributed by atoms with Gasteiger partial charge in [0.05, 0.1) is 6.07 Å². The Hall–Kier alpha value is -0.770. The normalized spacial score (nSPS) is 22.3. The smallest absolute Gasteiger partial charge is 0.0908 e. The summed E-state index contributed by atoms with van der Waals surface area (Å²) in [4.78, 5) is 0. The van der Waals surface area contributed by atoms with Crippen LogP contribution in [0.1, 0.15) is 39.0 Å². The van der Waals surface area contributed by atoms with Gasteiger partial charge in [0.2, 0.25) is 0 Å². The summed E-state index contributed by atoms with van der Waals surface area (Å²) in [5.74, 6) is 1.44. The van der Waals surface area contributed by atoms with Gasteiger partial charge in [-0.05, 0) is 24.7 Å². The minimum Gasteiger partial charge on any atom is -0.193 e. The van der Waals surface area contributed by atoms with Crippen molar-refractivity contribution in [3.63, 3.8) is 0 Å². The molecule has 0 aromatic rings. The summed E-state index contributed by atoms with van der Waals surface area (Å²) in [5.41, 5.74) is 0. The topological polar surface area (TPSA) is 23.8 Å². The molecule has 0 bridgehead atoms. The average Bonchev–Trinajstić information content (AvgIpc) is 2.15. The summed E-state index contributed by atoms with van der Waals surface area (Å²) < 4.78 is 0. The minimum atomic E-state index is 0.602. The lowest BCUT2D eigenvalue weighted by molar-refractivity contribution is 0.300. The molecule has 1 saturated carbocycles. The summed E-state index contributed by atoms with van der Waals surface area (Å²) in [6.07, 6.45) is 10.6. The van der Waals surface area contributed by atoms with E-state index in [4.69, 9.17) is 5.26 Å². The highest BCUT2D eigenvalue weighted by molar-refractivity contribution is 5.04. The molecule has 1 fully saturated rings. The van der Waals surface area contributed by atoms with Gasteiger partial charge in [-0.3, -0.25) is 0 Å². The van der Waals surface area contributed by atoms with E-state index in [2.05, 4.69) is 19.1 Å². The van der Waals surface area contributed by atoms with Crippen LogP contribution in [0, 0.1) is 23.2 Å². The molecule has 1 rings (SSSR count). The molecule has 1 unspecified atom stereocenters. The van der Waals surface area contributed by atoms with Crippen molar-refractivity contribution in [3.8, 4) is 6.07 Å². The SMILES string of the molecule is CC(C=CC#N)C1CCCCC1. The first-order chi connectivity index (χ1) is 5.84. The Morgan fingerprint density at radius 1 is 1.33 bits per heavy atom. The van der Waals surface area contributed by atoms with E-state index in [0.717, 1.165) is 5.92 Å². The summed E-state index contributed by atoms with van der Waals surface area (Å²) in [6, 6.07) is 2.06. The van der Waals surface area contributed by atoms with E-state index in [1.165, 1.54) is 32.1 Å². The van der Waals surface area contributed by atoms with Crippen molar-refractivity contribution >= 4 is 0 Å². The van der Waals surface area contributed by atoms with Gasteiger partial charge in [0.25, 0.3) is 0 Å². The zero-order chi connectivity index (χ0) is 8.81. The highest BCUT2D eigenvalue weighted by atomic mass is 14.2. The molecule has 0 heterocycles. The van der Waals surface area contributed by atoms with Crippen molar-refractivity contribution in [1.82, 2.24) is 0 Å². The molecule has 1 aliphatic rings. The van der Waals surface area contributed by atoms with Crippen LogP contribution in [0.4, 0.5) is 0 Å². The average molecular weight is 163 g/mol. The van der Waals surface area contributed by atoms with Gasteiger partial charge in [-0.25, -0.2) is 0 Å². The van der Waals surface area contributed by atoms with Crippen LogP contribution >= 0.6 is 0 Å². The second-order valence-electron chi connectivity index (χ2n) is 3.75. The lowest BCUT2D eigenvalue weighted by atomic mass is 9.81. The fourth-order valence-corrected chi connectivity index (χ4v) is 2.01. The fraction of sp³-hybridized carbons (Fsp3) is 0.727. The van der Waals surface area contributed by atoms with E-state index in [1.807, 2.05) is 0 Å². The van der Waals surface area contributed by atoms with Crippen molar-refractivity contribution in [2.24, 2.45) is 11.8 Å². The van der Waals surface area contributed by atoms with Crippen LogP contribution in [0.25, 0.3) is 0 Å². The van der Waals surface area contributed by atoms with E-state index in [1.54, 1.807) is 6.08 Å². The Labute approximate surface area is 75.1 Å². The first kappa shape index (κ1) is 9.32. The quantitative estimate of drug-likeness (QED) is 0.573. The molecule has 66 valence electrons. The number of hydrogen-bond donors (Lipinski definition) is 0. The number of allylic oxidation sites excluding steroid dienone is 2. The van der Waals surface area contributed by atoms with Crippen LogP contribution in [-0.4, -0.2) is 0 Å². The Bertz CT molecular complexity index is 182. The first-order valence-corrected chi connectivity index (χ1v) is 4.91. The predicted molar refractivity (Wildman–Crippen MR) is 50.5 cm³/mol. The van der Waals surface area contributed by atoms with Gasteiger partial charge in [-0.15, -0.1) is 0 Å². The summed E-state index contributed by atoms with van der Waals surface area (Å²) in [7, 11) is 0. The molecule has 1 aliphatic carbocycles. The molecule has 1 heteroatoms. The number of hydrogen-bond acceptors (Lipinski definition) is 1. The Balaban J connectivity index is 2.35. The predicted octanol–water partition coefficient (Wildman–Crippen LogP) is 3.28. The standard InChI is InChI=1S/C11H17N/c1-10(6-5-9-12)11-7-3-2-4-8-11/h5-6,10-11H,2-4,7-8H2,1H3. The van der Waals surface area contributed by atoms with Gasteiger partial charge >= 0.3 is 0 Å².